The number of hydrogen-bond donors (Lipinski definition) is 1. The second-order valence-electron chi connectivity index (χ2n) is 2.87. The third kappa shape index (κ3) is 1.36. The van der Waals surface area contributed by atoms with Crippen molar-refractivity contribution in [2.45, 2.75) is 0 Å². The van der Waals surface area contributed by atoms with Gasteiger partial charge in [-0.15, -0.1) is 11.3 Å². The maximum atomic E-state index is 8.93. The quantitative estimate of drug-likeness (QED) is 0.769. The minimum absolute atomic E-state index is 0.584. The van der Waals surface area contributed by atoms with Crippen molar-refractivity contribution in [2.24, 2.45) is 0 Å². The fourth-order valence-electron chi connectivity index (χ4n) is 1.32. The van der Waals surface area contributed by atoms with Crippen molar-refractivity contribution in [3.63, 3.8) is 0 Å². The fraction of sp³-hybridized carbons (Fsp3) is 0. The zero-order chi connectivity index (χ0) is 9.97. The van der Waals surface area contributed by atoms with Gasteiger partial charge in [0, 0.05) is 10.9 Å². The molecule has 0 atom stereocenters. The molecule has 0 spiro atoms. The first-order chi connectivity index (χ1) is 6.83. The van der Waals surface area contributed by atoms with Gasteiger partial charge >= 0.3 is 0 Å². The highest BCUT2D eigenvalue weighted by molar-refractivity contribution is 7.14. The molecule has 0 amide bonds. The van der Waals surface area contributed by atoms with Gasteiger partial charge in [0.2, 0.25) is 0 Å². The van der Waals surface area contributed by atoms with E-state index in [2.05, 4.69) is 6.07 Å². The van der Waals surface area contributed by atoms with E-state index in [1.807, 2.05) is 35.7 Å². The number of nitrogens with zero attached hydrogens (tertiary/aromatic N) is 1. The molecule has 2 aromatic rings. The summed E-state index contributed by atoms with van der Waals surface area (Å²) in [4.78, 5) is 0. The summed E-state index contributed by atoms with van der Waals surface area (Å²) in [5.41, 5.74) is 8.24. The van der Waals surface area contributed by atoms with E-state index in [1.54, 1.807) is 0 Å². The molecule has 2 rings (SSSR count). The van der Waals surface area contributed by atoms with Gasteiger partial charge in [-0.3, -0.25) is 0 Å². The molecule has 0 saturated heterocycles. The smallest absolute Gasteiger partial charge is 0.104 e. The Morgan fingerprint density at radius 1 is 1.21 bits per heavy atom. The van der Waals surface area contributed by atoms with Gasteiger partial charge in [-0.2, -0.15) is 5.26 Å². The minimum atomic E-state index is 0.584. The van der Waals surface area contributed by atoms with E-state index in [1.165, 1.54) is 11.3 Å². The molecule has 1 heterocycles. The number of benzene rings is 1. The van der Waals surface area contributed by atoms with Crippen molar-refractivity contribution in [3.8, 4) is 17.2 Å². The Bertz CT molecular complexity index is 480. The van der Waals surface area contributed by atoms with Gasteiger partial charge in [-0.1, -0.05) is 30.3 Å². The van der Waals surface area contributed by atoms with Crippen LogP contribution < -0.4 is 5.73 Å². The van der Waals surface area contributed by atoms with Crippen LogP contribution in [0.3, 0.4) is 0 Å². The van der Waals surface area contributed by atoms with Crippen LogP contribution in [0, 0.1) is 11.3 Å². The summed E-state index contributed by atoms with van der Waals surface area (Å²) in [5, 5.41) is 11.4. The molecule has 0 unspecified atom stereocenters. The van der Waals surface area contributed by atoms with Gasteiger partial charge in [-0.25, -0.2) is 0 Å². The lowest BCUT2D eigenvalue weighted by Crippen LogP contribution is -1.84. The second-order valence-corrected chi connectivity index (χ2v) is 3.78. The molecule has 68 valence electrons. The zero-order valence-electron chi connectivity index (χ0n) is 7.40. The SMILES string of the molecule is N#Cc1c(-c2ccccc2)csc1N. The van der Waals surface area contributed by atoms with E-state index in [-0.39, 0.29) is 0 Å². The Balaban J connectivity index is 2.59. The Hall–Kier alpha value is -1.79. The Morgan fingerprint density at radius 2 is 1.93 bits per heavy atom. The molecule has 3 heteroatoms. The van der Waals surface area contributed by atoms with Gasteiger partial charge in [-0.05, 0) is 5.56 Å². The molecule has 1 aromatic heterocycles. The van der Waals surface area contributed by atoms with E-state index in [4.69, 9.17) is 11.0 Å². The average molecular weight is 200 g/mol. The summed E-state index contributed by atoms with van der Waals surface area (Å²) in [7, 11) is 0. The van der Waals surface area contributed by atoms with Crippen LogP contribution in [0.1, 0.15) is 5.56 Å². The number of hydrogen-bond acceptors (Lipinski definition) is 3. The summed E-state index contributed by atoms with van der Waals surface area (Å²) >= 11 is 1.41. The molecule has 0 bridgehead atoms. The van der Waals surface area contributed by atoms with Gasteiger partial charge in [0.1, 0.15) is 11.1 Å². The summed E-state index contributed by atoms with van der Waals surface area (Å²) in [5.74, 6) is 0. The lowest BCUT2D eigenvalue weighted by Gasteiger charge is -1.97. The van der Waals surface area contributed by atoms with Crippen molar-refractivity contribution < 1.29 is 0 Å². The Morgan fingerprint density at radius 3 is 2.57 bits per heavy atom. The predicted molar refractivity (Wildman–Crippen MR) is 58.9 cm³/mol. The van der Waals surface area contributed by atoms with Crippen LogP contribution in [0.5, 0.6) is 0 Å². The van der Waals surface area contributed by atoms with Gasteiger partial charge in [0.05, 0.1) is 5.56 Å². The van der Waals surface area contributed by atoms with Gasteiger partial charge < -0.3 is 5.73 Å². The van der Waals surface area contributed by atoms with Crippen molar-refractivity contribution in [2.75, 3.05) is 5.73 Å². The molecule has 0 fully saturated rings. The zero-order valence-corrected chi connectivity index (χ0v) is 8.21. The number of nitrogens with two attached hydrogens (primary N) is 1. The van der Waals surface area contributed by atoms with E-state index in [0.717, 1.165) is 11.1 Å². The van der Waals surface area contributed by atoms with Gasteiger partial charge in [0.15, 0.2) is 0 Å². The van der Waals surface area contributed by atoms with Crippen molar-refractivity contribution in [3.05, 3.63) is 41.3 Å². The van der Waals surface area contributed by atoms with E-state index >= 15 is 0 Å². The standard InChI is InChI=1S/C11H8N2S/c12-6-9-10(7-14-11(9)13)8-4-2-1-3-5-8/h1-5,7H,13H2. The Kier molecular flexibility index (Phi) is 2.21. The second kappa shape index (κ2) is 3.52. The number of thiophene rings is 1. The topological polar surface area (TPSA) is 49.8 Å². The molecule has 0 aliphatic rings. The summed E-state index contributed by atoms with van der Waals surface area (Å²) in [6.45, 7) is 0. The van der Waals surface area contributed by atoms with Crippen LogP contribution in [-0.4, -0.2) is 0 Å². The summed E-state index contributed by atoms with van der Waals surface area (Å²) in [6.07, 6.45) is 0. The number of nitriles is 1. The molecule has 0 aliphatic heterocycles. The normalized spacial score (nSPS) is 9.64. The highest BCUT2D eigenvalue weighted by Crippen LogP contribution is 2.32. The molecule has 2 N–H and O–H groups in total. The molecule has 14 heavy (non-hydrogen) atoms. The van der Waals surface area contributed by atoms with Crippen LogP contribution in [0.2, 0.25) is 0 Å². The third-order valence-corrected chi connectivity index (χ3v) is 2.83. The monoisotopic (exact) mass is 200 g/mol. The van der Waals surface area contributed by atoms with E-state index < -0.39 is 0 Å². The largest absolute Gasteiger partial charge is 0.389 e. The third-order valence-electron chi connectivity index (χ3n) is 2.02. The van der Waals surface area contributed by atoms with Crippen LogP contribution in [0.25, 0.3) is 11.1 Å². The lowest BCUT2D eigenvalue weighted by atomic mass is 10.1. The maximum absolute atomic E-state index is 8.93. The number of rotatable bonds is 1. The number of nitrogen functional groups attached to an aromatic ring is 1. The van der Waals surface area contributed by atoms with Crippen LogP contribution in [-0.2, 0) is 0 Å². The maximum Gasteiger partial charge on any atom is 0.104 e. The first kappa shape index (κ1) is 8.79. The van der Waals surface area contributed by atoms with E-state index in [0.29, 0.717) is 10.6 Å². The minimum Gasteiger partial charge on any atom is -0.389 e. The first-order valence-electron chi connectivity index (χ1n) is 4.15. The number of anilines is 1. The molecule has 1 aromatic carbocycles. The van der Waals surface area contributed by atoms with Crippen molar-refractivity contribution in [1.29, 1.82) is 5.26 Å². The van der Waals surface area contributed by atoms with Crippen molar-refractivity contribution in [1.82, 2.24) is 0 Å². The highest BCUT2D eigenvalue weighted by atomic mass is 32.1. The molecule has 0 aliphatic carbocycles. The van der Waals surface area contributed by atoms with Crippen LogP contribution in [0.15, 0.2) is 35.7 Å². The first-order valence-corrected chi connectivity index (χ1v) is 5.03. The van der Waals surface area contributed by atoms with Crippen molar-refractivity contribution >= 4 is 16.3 Å². The Labute approximate surface area is 86.2 Å². The molecular formula is C11H8N2S. The average Bonchev–Trinajstić information content (AvgIpc) is 2.61. The highest BCUT2D eigenvalue weighted by Gasteiger charge is 2.09. The molecule has 2 nitrogen and oxygen atoms in total. The molecular weight excluding hydrogens is 192 g/mol. The lowest BCUT2D eigenvalue weighted by molar-refractivity contribution is 1.50. The van der Waals surface area contributed by atoms with Gasteiger partial charge in [0.25, 0.3) is 0 Å². The summed E-state index contributed by atoms with van der Waals surface area (Å²) in [6, 6.07) is 11.9. The van der Waals surface area contributed by atoms with Crippen LogP contribution in [0.4, 0.5) is 5.00 Å². The van der Waals surface area contributed by atoms with E-state index in [9.17, 15) is 0 Å². The predicted octanol–water partition coefficient (Wildman–Crippen LogP) is 2.87. The molecule has 0 saturated carbocycles. The molecule has 0 radical (unpaired) electrons. The fourth-order valence-corrected chi connectivity index (χ4v) is 2.09. The summed E-state index contributed by atoms with van der Waals surface area (Å²) < 4.78 is 0. The van der Waals surface area contributed by atoms with Crippen LogP contribution >= 0.6 is 11.3 Å².